The Labute approximate surface area is 90.8 Å². The molecule has 0 radical (unpaired) electrons. The van der Waals surface area contributed by atoms with Crippen LogP contribution in [-0.2, 0) is 6.54 Å². The molecule has 1 aliphatic carbocycles. The van der Waals surface area contributed by atoms with Crippen LogP contribution in [0.5, 0.6) is 5.75 Å². The van der Waals surface area contributed by atoms with Crippen molar-refractivity contribution in [2.75, 3.05) is 7.05 Å². The van der Waals surface area contributed by atoms with Gasteiger partial charge in [0.2, 0.25) is 0 Å². The molecule has 0 saturated heterocycles. The number of benzene rings is 1. The maximum absolute atomic E-state index is 9.79. The van der Waals surface area contributed by atoms with E-state index in [1.807, 2.05) is 19.2 Å². The summed E-state index contributed by atoms with van der Waals surface area (Å²) >= 11 is 2.15. The van der Waals surface area contributed by atoms with E-state index in [0.717, 1.165) is 15.7 Å². The van der Waals surface area contributed by atoms with Crippen molar-refractivity contribution >= 4 is 34.7 Å². The van der Waals surface area contributed by atoms with E-state index < -0.39 is 0 Å². The predicted molar refractivity (Wildman–Crippen MR) is 62.5 cm³/mol. The molecular formula is C10H10INO. The lowest BCUT2D eigenvalue weighted by Gasteiger charge is -2.18. The van der Waals surface area contributed by atoms with Crippen molar-refractivity contribution in [2.45, 2.75) is 6.54 Å². The minimum absolute atomic E-state index is 0.415. The summed E-state index contributed by atoms with van der Waals surface area (Å²) in [4.78, 5) is 0. The van der Waals surface area contributed by atoms with Gasteiger partial charge in [-0.15, -0.1) is 0 Å². The average Bonchev–Trinajstić information content (AvgIpc) is 2.08. The fraction of sp³-hybridized carbons (Fsp3) is 0.200. The Morgan fingerprint density at radius 1 is 1.46 bits per heavy atom. The zero-order valence-corrected chi connectivity index (χ0v) is 9.42. The molecule has 1 aromatic carbocycles. The molecular weight excluding hydrogens is 277 g/mol. The van der Waals surface area contributed by atoms with Crippen LogP contribution < -0.4 is 5.32 Å². The van der Waals surface area contributed by atoms with Crippen LogP contribution in [-0.4, -0.2) is 12.2 Å². The minimum atomic E-state index is 0.415. The van der Waals surface area contributed by atoms with E-state index >= 15 is 0 Å². The van der Waals surface area contributed by atoms with Crippen molar-refractivity contribution in [3.8, 4) is 5.75 Å². The first-order valence-corrected chi connectivity index (χ1v) is 5.19. The van der Waals surface area contributed by atoms with E-state index in [2.05, 4.69) is 34.0 Å². The van der Waals surface area contributed by atoms with E-state index in [1.54, 1.807) is 0 Å². The van der Waals surface area contributed by atoms with Crippen LogP contribution in [0.2, 0.25) is 0 Å². The first-order valence-electron chi connectivity index (χ1n) is 4.11. The fourth-order valence-corrected chi connectivity index (χ4v) is 2.16. The van der Waals surface area contributed by atoms with Gasteiger partial charge in [0.15, 0.2) is 0 Å². The summed E-state index contributed by atoms with van der Waals surface area (Å²) in [5.74, 6) is 0.415. The lowest BCUT2D eigenvalue weighted by Crippen LogP contribution is -2.10. The summed E-state index contributed by atoms with van der Waals surface area (Å²) in [6.07, 6.45) is 4.11. The number of rotatable bonds is 2. The lowest BCUT2D eigenvalue weighted by atomic mass is 9.92. The normalized spacial score (nSPS) is 12.5. The van der Waals surface area contributed by atoms with E-state index in [4.69, 9.17) is 0 Å². The summed E-state index contributed by atoms with van der Waals surface area (Å²) in [5.41, 5.74) is 3.41. The number of halogens is 1. The molecule has 1 aliphatic rings. The largest absolute Gasteiger partial charge is 0.506 e. The molecule has 0 saturated carbocycles. The summed E-state index contributed by atoms with van der Waals surface area (Å²) < 4.78 is 0.922. The van der Waals surface area contributed by atoms with Crippen LogP contribution in [0.15, 0.2) is 6.07 Å². The van der Waals surface area contributed by atoms with Crippen LogP contribution >= 0.6 is 22.6 Å². The van der Waals surface area contributed by atoms with Gasteiger partial charge in [0, 0.05) is 12.1 Å². The number of aromatic hydroxyl groups is 1. The van der Waals surface area contributed by atoms with E-state index in [0.29, 0.717) is 5.75 Å². The molecule has 2 rings (SSSR count). The van der Waals surface area contributed by atoms with Crippen molar-refractivity contribution in [2.24, 2.45) is 0 Å². The number of fused-ring (bicyclic) bond motifs is 1. The Morgan fingerprint density at radius 2 is 2.23 bits per heavy atom. The highest BCUT2D eigenvalue weighted by molar-refractivity contribution is 14.1. The number of hydrogen-bond acceptors (Lipinski definition) is 2. The highest BCUT2D eigenvalue weighted by Gasteiger charge is 2.16. The van der Waals surface area contributed by atoms with Crippen molar-refractivity contribution in [3.05, 3.63) is 26.3 Å². The molecule has 0 spiro atoms. The molecule has 1 aromatic rings. The maximum atomic E-state index is 9.79. The third-order valence-corrected chi connectivity index (χ3v) is 3.04. The topological polar surface area (TPSA) is 32.3 Å². The van der Waals surface area contributed by atoms with Crippen molar-refractivity contribution in [3.63, 3.8) is 0 Å². The first-order chi connectivity index (χ1) is 6.24. The van der Waals surface area contributed by atoms with Crippen LogP contribution in [0.4, 0.5) is 0 Å². The van der Waals surface area contributed by atoms with Gasteiger partial charge in [-0.2, -0.15) is 0 Å². The molecule has 0 unspecified atom stereocenters. The molecule has 68 valence electrons. The second-order valence-electron chi connectivity index (χ2n) is 3.05. The molecule has 0 amide bonds. The fourth-order valence-electron chi connectivity index (χ4n) is 1.50. The quantitative estimate of drug-likeness (QED) is 0.830. The molecule has 0 atom stereocenters. The van der Waals surface area contributed by atoms with Gasteiger partial charge in [-0.25, -0.2) is 0 Å². The van der Waals surface area contributed by atoms with Gasteiger partial charge < -0.3 is 10.4 Å². The average molecular weight is 287 g/mol. The molecule has 2 N–H and O–H groups in total. The number of hydrogen-bond donors (Lipinski definition) is 2. The van der Waals surface area contributed by atoms with Crippen LogP contribution in [0.3, 0.4) is 0 Å². The Hall–Kier alpha value is -0.550. The Bertz CT molecular complexity index is 385. The molecule has 2 nitrogen and oxygen atoms in total. The van der Waals surface area contributed by atoms with Crippen molar-refractivity contribution < 1.29 is 5.11 Å². The van der Waals surface area contributed by atoms with E-state index in [1.165, 1.54) is 11.1 Å². The van der Waals surface area contributed by atoms with Crippen molar-refractivity contribution in [1.29, 1.82) is 0 Å². The molecule has 3 heteroatoms. The van der Waals surface area contributed by atoms with Crippen LogP contribution in [0, 0.1) is 3.57 Å². The third kappa shape index (κ3) is 1.36. The van der Waals surface area contributed by atoms with Gasteiger partial charge in [0.25, 0.3) is 0 Å². The second-order valence-corrected chi connectivity index (χ2v) is 4.21. The van der Waals surface area contributed by atoms with Crippen LogP contribution in [0.1, 0.15) is 16.7 Å². The molecule has 0 aromatic heterocycles. The molecule has 0 heterocycles. The third-order valence-electron chi connectivity index (χ3n) is 2.21. The second kappa shape index (κ2) is 3.31. The number of phenolic OH excluding ortho intramolecular Hbond substituents is 1. The van der Waals surface area contributed by atoms with Crippen LogP contribution in [0.25, 0.3) is 12.2 Å². The SMILES string of the molecule is CNCc1c(O)c(I)cc2c1C=C2. The smallest absolute Gasteiger partial charge is 0.134 e. The zero-order valence-electron chi connectivity index (χ0n) is 7.26. The molecule has 0 fully saturated rings. The number of phenols is 1. The Kier molecular flexibility index (Phi) is 2.29. The zero-order chi connectivity index (χ0) is 9.42. The first kappa shape index (κ1) is 9.02. The minimum Gasteiger partial charge on any atom is -0.506 e. The summed E-state index contributed by atoms with van der Waals surface area (Å²) in [7, 11) is 1.88. The predicted octanol–water partition coefficient (Wildman–Crippen LogP) is 2.20. The highest BCUT2D eigenvalue weighted by atomic mass is 127. The van der Waals surface area contributed by atoms with Gasteiger partial charge in [0.05, 0.1) is 3.57 Å². The summed E-state index contributed by atoms with van der Waals surface area (Å²) in [6.45, 7) is 0.718. The standard InChI is InChI=1S/C10H10INO/c1-12-5-8-7-3-2-6(7)4-9(11)10(8)13/h2-4,12-13H,5H2,1H3. The monoisotopic (exact) mass is 287 g/mol. The lowest BCUT2D eigenvalue weighted by molar-refractivity contribution is 0.462. The van der Waals surface area contributed by atoms with Gasteiger partial charge >= 0.3 is 0 Å². The summed E-state index contributed by atoms with van der Waals surface area (Å²) in [5, 5.41) is 12.8. The maximum Gasteiger partial charge on any atom is 0.134 e. The van der Waals surface area contributed by atoms with Gasteiger partial charge in [0.1, 0.15) is 5.75 Å². The Balaban J connectivity index is 2.54. The van der Waals surface area contributed by atoms with Gasteiger partial charge in [-0.05, 0) is 46.8 Å². The highest BCUT2D eigenvalue weighted by Crippen LogP contribution is 2.36. The Morgan fingerprint density at radius 3 is 2.77 bits per heavy atom. The molecule has 13 heavy (non-hydrogen) atoms. The summed E-state index contributed by atoms with van der Waals surface area (Å²) in [6, 6.07) is 2.00. The molecule has 0 bridgehead atoms. The molecule has 0 aliphatic heterocycles. The van der Waals surface area contributed by atoms with Crippen molar-refractivity contribution in [1.82, 2.24) is 5.32 Å². The van der Waals surface area contributed by atoms with E-state index in [9.17, 15) is 5.11 Å². The van der Waals surface area contributed by atoms with Gasteiger partial charge in [-0.1, -0.05) is 12.2 Å². The van der Waals surface area contributed by atoms with Gasteiger partial charge in [-0.3, -0.25) is 0 Å². The van der Waals surface area contributed by atoms with E-state index in [-0.39, 0.29) is 0 Å². The number of nitrogens with one attached hydrogen (secondary N) is 1.